The van der Waals surface area contributed by atoms with Gasteiger partial charge in [-0.2, -0.15) is 8.42 Å². The topological polar surface area (TPSA) is 71.4 Å². The largest absolute Gasteiger partial charge is 0.477 e. The van der Waals surface area contributed by atoms with Crippen molar-refractivity contribution in [2.24, 2.45) is 0 Å². The smallest absolute Gasteiger partial charge is 0.342 e. The Hall–Kier alpha value is -0.880. The highest BCUT2D eigenvalue weighted by Crippen LogP contribution is 2.20. The summed E-state index contributed by atoms with van der Waals surface area (Å²) in [6.45, 7) is 1.60. The number of aliphatic carboxylic acids is 1. The van der Waals surface area contributed by atoms with Crippen LogP contribution in [0.15, 0.2) is 22.0 Å². The van der Waals surface area contributed by atoms with Crippen LogP contribution in [-0.4, -0.2) is 19.5 Å². The first-order valence-corrected chi connectivity index (χ1v) is 5.81. The number of hydrogen-bond donors (Lipinski definition) is 1. The van der Waals surface area contributed by atoms with Crippen molar-refractivity contribution in [3.8, 4) is 0 Å². The first-order valence-electron chi connectivity index (χ1n) is 3.00. The molecule has 1 rings (SSSR count). The van der Waals surface area contributed by atoms with Crippen LogP contribution in [0.1, 0.15) is 6.92 Å². The standard InChI is InChI=1S/C6H6O4S2/c1-4-2-3-5(6(7)8)11(4)12(9)10/h2-3H,1H3,(H,7,8). The molecule has 0 aromatic rings. The SMILES string of the molecule is CC1=CC=C(C(=O)O)S1=S(=O)=O. The van der Waals surface area contributed by atoms with Gasteiger partial charge in [-0.25, -0.2) is 4.79 Å². The molecule has 1 heterocycles. The van der Waals surface area contributed by atoms with Crippen molar-refractivity contribution < 1.29 is 18.3 Å². The van der Waals surface area contributed by atoms with Crippen LogP contribution < -0.4 is 0 Å². The van der Waals surface area contributed by atoms with Gasteiger partial charge in [0.25, 0.3) is 0 Å². The second-order valence-electron chi connectivity index (χ2n) is 2.09. The van der Waals surface area contributed by atoms with Crippen molar-refractivity contribution >= 4 is 24.7 Å². The van der Waals surface area contributed by atoms with Gasteiger partial charge in [0.2, 0.25) is 9.26 Å². The molecule has 1 N–H and O–H groups in total. The predicted octanol–water partition coefficient (Wildman–Crippen LogP) is 0.285. The average Bonchev–Trinajstić information content (AvgIpc) is 2.30. The molecule has 0 aliphatic carbocycles. The highest BCUT2D eigenvalue weighted by Gasteiger charge is 2.19. The van der Waals surface area contributed by atoms with Gasteiger partial charge in [0.1, 0.15) is 4.91 Å². The molecule has 6 heteroatoms. The van der Waals surface area contributed by atoms with Gasteiger partial charge in [-0.05, 0) is 27.4 Å². The van der Waals surface area contributed by atoms with Gasteiger partial charge in [0, 0.05) is 0 Å². The van der Waals surface area contributed by atoms with E-state index >= 15 is 0 Å². The summed E-state index contributed by atoms with van der Waals surface area (Å²) in [7, 11) is -3.61. The maximum atomic E-state index is 10.6. The lowest BCUT2D eigenvalue weighted by Crippen LogP contribution is -2.04. The Balaban J connectivity index is 3.34. The fraction of sp³-hybridized carbons (Fsp3) is 0.167. The maximum absolute atomic E-state index is 10.6. The minimum absolute atomic E-state index is 0.0548. The van der Waals surface area contributed by atoms with Gasteiger partial charge in [-0.3, -0.25) is 0 Å². The fourth-order valence-electron chi connectivity index (χ4n) is 0.821. The third-order valence-corrected chi connectivity index (χ3v) is 5.16. The highest BCUT2D eigenvalue weighted by molar-refractivity contribution is 8.38. The molecule has 1 atom stereocenters. The van der Waals surface area contributed by atoms with Crippen LogP contribution in [0.25, 0.3) is 0 Å². The predicted molar refractivity (Wildman–Crippen MR) is 45.8 cm³/mol. The van der Waals surface area contributed by atoms with E-state index < -0.39 is 24.7 Å². The van der Waals surface area contributed by atoms with Gasteiger partial charge in [-0.15, -0.1) is 0 Å². The van der Waals surface area contributed by atoms with E-state index in [2.05, 4.69) is 0 Å². The van der Waals surface area contributed by atoms with Crippen LogP contribution in [0.3, 0.4) is 0 Å². The van der Waals surface area contributed by atoms with Crippen LogP contribution in [0, 0.1) is 0 Å². The Bertz CT molecular complexity index is 416. The van der Waals surface area contributed by atoms with Crippen molar-refractivity contribution in [3.63, 3.8) is 0 Å². The third kappa shape index (κ3) is 1.49. The summed E-state index contributed by atoms with van der Waals surface area (Å²) in [6.07, 6.45) is 2.85. The van der Waals surface area contributed by atoms with Crippen molar-refractivity contribution in [1.29, 1.82) is 0 Å². The summed E-state index contributed by atoms with van der Waals surface area (Å²) in [5.74, 6) is -1.17. The van der Waals surface area contributed by atoms with Crippen molar-refractivity contribution in [1.82, 2.24) is 0 Å². The van der Waals surface area contributed by atoms with Crippen LogP contribution in [0.5, 0.6) is 0 Å². The number of carboxylic acid groups (broad SMARTS) is 1. The fourth-order valence-corrected chi connectivity index (χ4v) is 3.70. The van der Waals surface area contributed by atoms with Gasteiger partial charge in [0.05, 0.1) is 0 Å². The van der Waals surface area contributed by atoms with Crippen molar-refractivity contribution in [2.45, 2.75) is 6.92 Å². The number of rotatable bonds is 1. The summed E-state index contributed by atoms with van der Waals surface area (Å²) < 4.78 is 21.2. The molecule has 0 radical (unpaired) electrons. The van der Waals surface area contributed by atoms with E-state index in [0.717, 1.165) is 0 Å². The number of allylic oxidation sites excluding steroid dienone is 3. The normalized spacial score (nSPS) is 21.6. The molecule has 4 nitrogen and oxygen atoms in total. The summed E-state index contributed by atoms with van der Waals surface area (Å²) in [4.78, 5) is 11.0. The molecule has 0 amide bonds. The molecular weight excluding hydrogens is 200 g/mol. The first kappa shape index (κ1) is 9.21. The number of hydrogen-bond acceptors (Lipinski definition) is 3. The van der Waals surface area contributed by atoms with Gasteiger partial charge >= 0.3 is 5.97 Å². The lowest BCUT2D eigenvalue weighted by Gasteiger charge is -1.96. The maximum Gasteiger partial charge on any atom is 0.342 e. The summed E-state index contributed by atoms with van der Waals surface area (Å²) >= 11 is 0. The zero-order chi connectivity index (χ0) is 9.30. The molecule has 0 spiro atoms. The molecule has 0 aromatic carbocycles. The molecule has 66 valence electrons. The molecule has 0 bridgehead atoms. The van der Waals surface area contributed by atoms with Crippen LogP contribution in [0.4, 0.5) is 0 Å². The quantitative estimate of drug-likeness (QED) is 0.669. The molecule has 1 aliphatic rings. The minimum Gasteiger partial charge on any atom is -0.477 e. The summed E-state index contributed by atoms with van der Waals surface area (Å²) in [5.41, 5.74) is 0. The van der Waals surface area contributed by atoms with Crippen molar-refractivity contribution in [2.75, 3.05) is 0 Å². The van der Waals surface area contributed by atoms with E-state index in [1.165, 1.54) is 12.2 Å². The second kappa shape index (κ2) is 3.24. The van der Waals surface area contributed by atoms with Gasteiger partial charge < -0.3 is 5.11 Å². The number of carboxylic acids is 1. The van der Waals surface area contributed by atoms with Gasteiger partial charge in [0.15, 0.2) is 0 Å². The summed E-state index contributed by atoms with van der Waals surface area (Å²) in [5, 5.41) is 8.58. The van der Waals surface area contributed by atoms with E-state index in [0.29, 0.717) is 4.91 Å². The lowest BCUT2D eigenvalue weighted by molar-refractivity contribution is -0.131. The molecule has 0 saturated heterocycles. The van der Waals surface area contributed by atoms with Gasteiger partial charge in [-0.1, -0.05) is 6.08 Å². The molecule has 0 saturated carbocycles. The first-order chi connectivity index (χ1) is 5.54. The Kier molecular flexibility index (Phi) is 2.49. The van der Waals surface area contributed by atoms with Crippen LogP contribution >= 0.6 is 0 Å². The van der Waals surface area contributed by atoms with E-state index in [4.69, 9.17) is 5.11 Å². The lowest BCUT2D eigenvalue weighted by atomic mass is 10.4. The zero-order valence-electron chi connectivity index (χ0n) is 6.14. The molecule has 0 aromatic heterocycles. The number of carbonyl (C=O) groups is 1. The molecule has 0 fully saturated rings. The second-order valence-corrected chi connectivity index (χ2v) is 5.93. The van der Waals surface area contributed by atoms with E-state index in [1.54, 1.807) is 6.92 Å². The molecule has 1 unspecified atom stereocenters. The molecular formula is C6H6O4S2. The molecule has 12 heavy (non-hydrogen) atoms. The van der Waals surface area contributed by atoms with Crippen LogP contribution in [-0.2, 0) is 23.5 Å². The minimum atomic E-state index is -2.36. The van der Waals surface area contributed by atoms with E-state index in [-0.39, 0.29) is 4.91 Å². The van der Waals surface area contributed by atoms with E-state index in [1.807, 2.05) is 0 Å². The highest BCUT2D eigenvalue weighted by atomic mass is 32.9. The van der Waals surface area contributed by atoms with E-state index in [9.17, 15) is 13.2 Å². The van der Waals surface area contributed by atoms with Crippen molar-refractivity contribution in [3.05, 3.63) is 22.0 Å². The Labute approximate surface area is 72.3 Å². The molecule has 1 aliphatic heterocycles. The Morgan fingerprint density at radius 3 is 2.42 bits per heavy atom. The summed E-state index contributed by atoms with van der Waals surface area (Å²) in [6, 6.07) is 0. The zero-order valence-corrected chi connectivity index (χ0v) is 7.78. The monoisotopic (exact) mass is 206 g/mol. The Morgan fingerprint density at radius 1 is 1.50 bits per heavy atom. The third-order valence-electron chi connectivity index (χ3n) is 1.31. The Morgan fingerprint density at radius 2 is 2.08 bits per heavy atom. The van der Waals surface area contributed by atoms with Crippen LogP contribution in [0.2, 0.25) is 0 Å². The average molecular weight is 206 g/mol.